The van der Waals surface area contributed by atoms with Gasteiger partial charge in [-0.25, -0.2) is 13.8 Å². The van der Waals surface area contributed by atoms with Crippen molar-refractivity contribution in [3.8, 4) is 17.2 Å². The number of methoxy groups -OCH3 is 2. The Balaban J connectivity index is 1.61. The second kappa shape index (κ2) is 13.1. The average molecular weight is 644 g/mol. The van der Waals surface area contributed by atoms with Crippen molar-refractivity contribution in [1.82, 2.24) is 9.99 Å². The zero-order valence-electron chi connectivity index (χ0n) is 24.6. The molecule has 0 saturated carbocycles. The number of carbonyl (C=O) groups is 1. The molecule has 3 aromatic carbocycles. The van der Waals surface area contributed by atoms with Crippen LogP contribution in [0.4, 0.5) is 5.69 Å². The molecule has 0 atom stereocenters. The van der Waals surface area contributed by atoms with Crippen LogP contribution in [0.1, 0.15) is 28.1 Å². The van der Waals surface area contributed by atoms with Gasteiger partial charge in [0, 0.05) is 28.7 Å². The molecule has 4 rings (SSSR count). The van der Waals surface area contributed by atoms with Gasteiger partial charge in [-0.1, -0.05) is 29.3 Å². The minimum Gasteiger partial charge on any atom is -0.493 e. The van der Waals surface area contributed by atoms with E-state index in [1.807, 2.05) is 50.5 Å². The van der Waals surface area contributed by atoms with Crippen LogP contribution in [0, 0.1) is 27.7 Å². The summed E-state index contributed by atoms with van der Waals surface area (Å²) in [6.07, 6.45) is 1.51. The number of aromatic nitrogens is 1. The second-order valence-electron chi connectivity index (χ2n) is 9.93. The number of rotatable bonds is 10. The Kier molecular flexibility index (Phi) is 9.74. The minimum absolute atomic E-state index is 0.0599. The van der Waals surface area contributed by atoms with Crippen LogP contribution in [0.25, 0.3) is 5.69 Å². The first-order chi connectivity index (χ1) is 20.3. The third-order valence-corrected chi connectivity index (χ3v) is 9.26. The maximum absolute atomic E-state index is 13.9. The molecule has 9 nitrogen and oxygen atoms in total. The van der Waals surface area contributed by atoms with E-state index in [2.05, 4.69) is 10.5 Å². The van der Waals surface area contributed by atoms with E-state index in [1.54, 1.807) is 24.3 Å². The summed E-state index contributed by atoms with van der Waals surface area (Å²) < 4.78 is 41.4. The van der Waals surface area contributed by atoms with E-state index in [4.69, 9.17) is 32.7 Å². The van der Waals surface area contributed by atoms with E-state index in [9.17, 15) is 13.2 Å². The molecular weight excluding hydrogens is 611 g/mol. The monoisotopic (exact) mass is 642 g/mol. The van der Waals surface area contributed by atoms with Gasteiger partial charge in [0.05, 0.1) is 41.1 Å². The first-order valence-corrected chi connectivity index (χ1v) is 15.3. The SMILES string of the molecule is COc1ccc(S(=O)(=O)N(CC(=O)N/N=C\c2cc(C)n(-c3ccc(Cl)c(Cl)c3)c2C)c2cc(C)cc(C)c2)cc1OC. The maximum atomic E-state index is 13.9. The molecule has 12 heteroatoms. The first-order valence-electron chi connectivity index (χ1n) is 13.1. The van der Waals surface area contributed by atoms with E-state index in [0.29, 0.717) is 21.5 Å². The molecule has 0 unspecified atom stereocenters. The number of hydrazone groups is 1. The second-order valence-corrected chi connectivity index (χ2v) is 12.6. The van der Waals surface area contributed by atoms with Crippen molar-refractivity contribution in [3.05, 3.63) is 98.8 Å². The van der Waals surface area contributed by atoms with Crippen molar-refractivity contribution >= 4 is 51.0 Å². The number of aryl methyl sites for hydroxylation is 3. The number of amides is 1. The highest BCUT2D eigenvalue weighted by Gasteiger charge is 2.29. The van der Waals surface area contributed by atoms with Crippen molar-refractivity contribution in [2.45, 2.75) is 32.6 Å². The summed E-state index contributed by atoms with van der Waals surface area (Å²) in [4.78, 5) is 13.1. The Morgan fingerprint density at radius 3 is 2.21 bits per heavy atom. The largest absolute Gasteiger partial charge is 0.493 e. The zero-order chi connectivity index (χ0) is 31.5. The van der Waals surface area contributed by atoms with Gasteiger partial charge in [-0.3, -0.25) is 9.10 Å². The van der Waals surface area contributed by atoms with Crippen molar-refractivity contribution in [2.24, 2.45) is 5.10 Å². The number of nitrogens with zero attached hydrogens (tertiary/aromatic N) is 3. The highest BCUT2D eigenvalue weighted by molar-refractivity contribution is 7.92. The number of nitrogens with one attached hydrogen (secondary N) is 1. The molecule has 1 heterocycles. The van der Waals surface area contributed by atoms with Gasteiger partial charge >= 0.3 is 0 Å². The molecule has 0 fully saturated rings. The third kappa shape index (κ3) is 6.98. The Morgan fingerprint density at radius 2 is 1.58 bits per heavy atom. The molecular formula is C31H32Cl2N4O5S. The third-order valence-electron chi connectivity index (χ3n) is 6.75. The summed E-state index contributed by atoms with van der Waals surface area (Å²) >= 11 is 12.3. The lowest BCUT2D eigenvalue weighted by molar-refractivity contribution is -0.119. The molecule has 0 aliphatic heterocycles. The van der Waals surface area contributed by atoms with Crippen molar-refractivity contribution < 1.29 is 22.7 Å². The summed E-state index contributed by atoms with van der Waals surface area (Å²) in [5, 5.41) is 5.02. The number of ether oxygens (including phenoxy) is 2. The minimum atomic E-state index is -4.20. The summed E-state index contributed by atoms with van der Waals surface area (Å²) in [6.45, 7) is 7.05. The Bertz CT molecular complexity index is 1800. The van der Waals surface area contributed by atoms with Crippen LogP contribution in [0.3, 0.4) is 0 Å². The number of benzene rings is 3. The fraction of sp³-hybridized carbons (Fsp3) is 0.226. The van der Waals surface area contributed by atoms with Gasteiger partial charge in [0.15, 0.2) is 11.5 Å². The van der Waals surface area contributed by atoms with Gasteiger partial charge in [0.25, 0.3) is 15.9 Å². The molecule has 1 aromatic heterocycles. The lowest BCUT2D eigenvalue weighted by Crippen LogP contribution is -2.39. The van der Waals surface area contributed by atoms with Gasteiger partial charge in [0.2, 0.25) is 0 Å². The van der Waals surface area contributed by atoms with Gasteiger partial charge in [-0.05, 0) is 87.4 Å². The molecule has 0 radical (unpaired) electrons. The molecule has 0 aliphatic rings. The van der Waals surface area contributed by atoms with E-state index < -0.39 is 22.5 Å². The summed E-state index contributed by atoms with van der Waals surface area (Å²) in [6, 6.07) is 16.9. The number of halogens is 2. The molecule has 0 bridgehead atoms. The molecule has 226 valence electrons. The van der Waals surface area contributed by atoms with E-state index in [-0.39, 0.29) is 10.6 Å². The van der Waals surface area contributed by atoms with Crippen molar-refractivity contribution in [3.63, 3.8) is 0 Å². The van der Waals surface area contributed by atoms with Crippen LogP contribution in [0.2, 0.25) is 10.0 Å². The maximum Gasteiger partial charge on any atom is 0.264 e. The predicted octanol–water partition coefficient (Wildman–Crippen LogP) is 6.38. The van der Waals surface area contributed by atoms with Crippen LogP contribution in [-0.4, -0.2) is 45.9 Å². The lowest BCUT2D eigenvalue weighted by atomic mass is 10.1. The summed E-state index contributed by atoms with van der Waals surface area (Å²) in [7, 11) is -1.32. The molecule has 1 amide bonds. The number of sulfonamides is 1. The molecule has 0 spiro atoms. The van der Waals surface area contributed by atoms with E-state index >= 15 is 0 Å². The molecule has 0 aliphatic carbocycles. The predicted molar refractivity (Wildman–Crippen MR) is 171 cm³/mol. The van der Waals surface area contributed by atoms with Crippen LogP contribution in [0.5, 0.6) is 11.5 Å². The normalized spacial score (nSPS) is 11.5. The van der Waals surface area contributed by atoms with Crippen molar-refractivity contribution in [2.75, 3.05) is 25.1 Å². The van der Waals surface area contributed by atoms with E-state index in [0.717, 1.165) is 38.1 Å². The number of hydrogen-bond donors (Lipinski definition) is 1. The Morgan fingerprint density at radius 1 is 0.907 bits per heavy atom. The van der Waals surface area contributed by atoms with Crippen LogP contribution in [0.15, 0.2) is 70.7 Å². The average Bonchev–Trinajstić information content (AvgIpc) is 3.24. The molecule has 1 N–H and O–H groups in total. The van der Waals surface area contributed by atoms with E-state index in [1.165, 1.54) is 38.6 Å². The smallest absolute Gasteiger partial charge is 0.264 e. The fourth-order valence-electron chi connectivity index (χ4n) is 4.79. The lowest BCUT2D eigenvalue weighted by Gasteiger charge is -2.25. The van der Waals surface area contributed by atoms with Crippen molar-refractivity contribution in [1.29, 1.82) is 0 Å². The van der Waals surface area contributed by atoms with Gasteiger partial charge in [-0.15, -0.1) is 0 Å². The first kappa shape index (κ1) is 31.9. The summed E-state index contributed by atoms with van der Waals surface area (Å²) in [5.74, 6) is -0.000717. The van der Waals surface area contributed by atoms with Gasteiger partial charge < -0.3 is 14.0 Å². The Labute approximate surface area is 261 Å². The van der Waals surface area contributed by atoms with Crippen LogP contribution >= 0.6 is 23.2 Å². The molecule has 43 heavy (non-hydrogen) atoms. The zero-order valence-corrected chi connectivity index (χ0v) is 26.9. The standard InChI is InChI=1S/C31H32Cl2N4O5S/c1-19-11-20(2)13-25(12-19)36(43(39,40)26-8-10-29(41-5)30(16-26)42-6)18-31(38)35-34-17-23-14-21(3)37(22(23)4)24-7-9-27(32)28(33)15-24/h7-17H,18H2,1-6H3,(H,35,38)/b34-17-. The highest BCUT2D eigenvalue weighted by Crippen LogP contribution is 2.33. The van der Waals surface area contributed by atoms with Crippen LogP contribution < -0.4 is 19.2 Å². The topological polar surface area (TPSA) is 102 Å². The molecule has 4 aromatic rings. The number of anilines is 1. The quantitative estimate of drug-likeness (QED) is 0.160. The number of carbonyl (C=O) groups excluding carboxylic acids is 1. The van der Waals surface area contributed by atoms with Crippen LogP contribution in [-0.2, 0) is 14.8 Å². The Hall–Kier alpha value is -3.99. The molecule has 0 saturated heterocycles. The number of hydrogen-bond acceptors (Lipinski definition) is 6. The van der Waals surface area contributed by atoms with Gasteiger partial charge in [0.1, 0.15) is 6.54 Å². The fourth-order valence-corrected chi connectivity index (χ4v) is 6.51. The summed E-state index contributed by atoms with van der Waals surface area (Å²) in [5.41, 5.74) is 7.88. The van der Waals surface area contributed by atoms with Gasteiger partial charge in [-0.2, -0.15) is 5.10 Å². The highest BCUT2D eigenvalue weighted by atomic mass is 35.5.